The van der Waals surface area contributed by atoms with Crippen molar-refractivity contribution >= 4 is 6.09 Å². The highest BCUT2D eigenvalue weighted by atomic mass is 16.6. The fourth-order valence-corrected chi connectivity index (χ4v) is 1.88. The van der Waals surface area contributed by atoms with Crippen LogP contribution in [0.3, 0.4) is 0 Å². The zero-order chi connectivity index (χ0) is 21.8. The highest BCUT2D eigenvalue weighted by Gasteiger charge is 2.19. The highest BCUT2D eigenvalue weighted by Crippen LogP contribution is 2.08. The van der Waals surface area contributed by atoms with Crippen molar-refractivity contribution in [3.63, 3.8) is 0 Å². The minimum atomic E-state index is -0.494. The van der Waals surface area contributed by atoms with E-state index in [1.807, 2.05) is 27.7 Å². The van der Waals surface area contributed by atoms with Crippen LogP contribution in [0.15, 0.2) is 0 Å². The molecule has 0 aliphatic rings. The third-order valence-corrected chi connectivity index (χ3v) is 3.34. The average molecular weight is 424 g/mol. The van der Waals surface area contributed by atoms with E-state index in [-0.39, 0.29) is 6.09 Å². The van der Waals surface area contributed by atoms with Crippen LogP contribution in [-0.4, -0.2) is 109 Å². The van der Waals surface area contributed by atoms with Gasteiger partial charge in [0.15, 0.2) is 0 Å². The number of ether oxygens (including phenoxy) is 7. The minimum absolute atomic E-state index is 0.354. The molecular weight excluding hydrogens is 382 g/mol. The Bertz CT molecular complexity index is 376. The van der Waals surface area contributed by atoms with Gasteiger partial charge in [0.1, 0.15) is 5.60 Å². The molecule has 0 aliphatic heterocycles. The van der Waals surface area contributed by atoms with Gasteiger partial charge in [0.2, 0.25) is 0 Å². The predicted octanol–water partition coefficient (Wildman–Crippen LogP) is 1.97. The molecule has 174 valence electrons. The molecular formula is C20H41NO8. The van der Waals surface area contributed by atoms with Crippen LogP contribution in [0, 0.1) is 0 Å². The number of nitrogens with zero attached hydrogens (tertiary/aromatic N) is 1. The fraction of sp³-hybridized carbons (Fsp3) is 0.950. The lowest BCUT2D eigenvalue weighted by molar-refractivity contribution is -0.0174. The lowest BCUT2D eigenvalue weighted by Gasteiger charge is -2.24. The summed E-state index contributed by atoms with van der Waals surface area (Å²) in [5.41, 5.74) is -0.494. The lowest BCUT2D eigenvalue weighted by Crippen LogP contribution is -2.36. The molecule has 1 amide bonds. The van der Waals surface area contributed by atoms with Crippen LogP contribution < -0.4 is 0 Å². The maximum absolute atomic E-state index is 11.8. The van der Waals surface area contributed by atoms with E-state index in [4.69, 9.17) is 33.2 Å². The molecule has 9 heteroatoms. The van der Waals surface area contributed by atoms with Gasteiger partial charge in [-0.05, 0) is 27.7 Å². The molecule has 0 aromatic carbocycles. The van der Waals surface area contributed by atoms with Crippen molar-refractivity contribution < 1.29 is 38.0 Å². The molecule has 0 radical (unpaired) electrons. The quantitative estimate of drug-likeness (QED) is 0.292. The summed E-state index contributed by atoms with van der Waals surface area (Å²) in [7, 11) is 1.69. The summed E-state index contributed by atoms with van der Waals surface area (Å²) in [6, 6.07) is 0. The monoisotopic (exact) mass is 423 g/mol. The van der Waals surface area contributed by atoms with Crippen molar-refractivity contribution in [1.82, 2.24) is 4.90 Å². The fourth-order valence-electron chi connectivity index (χ4n) is 1.88. The molecule has 0 saturated heterocycles. The Morgan fingerprint density at radius 2 is 1.00 bits per heavy atom. The Hall–Kier alpha value is -0.970. The molecule has 0 bridgehead atoms. The van der Waals surface area contributed by atoms with Gasteiger partial charge in [-0.25, -0.2) is 4.79 Å². The van der Waals surface area contributed by atoms with Gasteiger partial charge in [0.25, 0.3) is 0 Å². The van der Waals surface area contributed by atoms with E-state index in [0.717, 1.165) is 0 Å². The van der Waals surface area contributed by atoms with Crippen molar-refractivity contribution in [3.8, 4) is 0 Å². The normalized spacial score (nSPS) is 11.6. The van der Waals surface area contributed by atoms with Crippen molar-refractivity contribution in [2.24, 2.45) is 0 Å². The molecule has 0 N–H and O–H groups in total. The van der Waals surface area contributed by atoms with E-state index in [0.29, 0.717) is 85.8 Å². The van der Waals surface area contributed by atoms with Crippen LogP contribution in [0.5, 0.6) is 0 Å². The zero-order valence-corrected chi connectivity index (χ0v) is 18.9. The molecule has 0 aliphatic carbocycles. The maximum atomic E-state index is 11.8. The number of carbonyl (C=O) groups is 1. The van der Waals surface area contributed by atoms with Crippen molar-refractivity contribution in [3.05, 3.63) is 0 Å². The third kappa shape index (κ3) is 21.6. The SMILES string of the molecule is CCOCCOCCOCCOCCOCCOCCN(C)C(=O)OC(C)(C)C. The topological polar surface area (TPSA) is 84.9 Å². The molecule has 9 nitrogen and oxygen atoms in total. The van der Waals surface area contributed by atoms with Gasteiger partial charge in [-0.2, -0.15) is 0 Å². The Balaban J connectivity index is 3.23. The van der Waals surface area contributed by atoms with Crippen LogP contribution in [-0.2, 0) is 33.2 Å². The van der Waals surface area contributed by atoms with Crippen LogP contribution in [0.4, 0.5) is 4.79 Å². The molecule has 29 heavy (non-hydrogen) atoms. The Morgan fingerprint density at radius 3 is 1.34 bits per heavy atom. The summed E-state index contributed by atoms with van der Waals surface area (Å²) in [6.07, 6.45) is -0.354. The smallest absolute Gasteiger partial charge is 0.410 e. The van der Waals surface area contributed by atoms with Gasteiger partial charge in [0, 0.05) is 20.2 Å². The van der Waals surface area contributed by atoms with Gasteiger partial charge in [0.05, 0.1) is 72.7 Å². The van der Waals surface area contributed by atoms with E-state index in [1.54, 1.807) is 7.05 Å². The summed E-state index contributed by atoms with van der Waals surface area (Å²) < 4.78 is 37.4. The Kier molecular flexibility index (Phi) is 18.4. The van der Waals surface area contributed by atoms with Crippen LogP contribution >= 0.6 is 0 Å². The molecule has 0 heterocycles. The molecule has 0 atom stereocenters. The van der Waals surface area contributed by atoms with Crippen LogP contribution in [0.1, 0.15) is 27.7 Å². The molecule has 0 rings (SSSR count). The largest absolute Gasteiger partial charge is 0.444 e. The second kappa shape index (κ2) is 19.0. The second-order valence-corrected chi connectivity index (χ2v) is 7.16. The first-order valence-corrected chi connectivity index (χ1v) is 10.3. The molecule has 0 aromatic rings. The number of likely N-dealkylation sites (N-methyl/N-ethyl adjacent to an activating group) is 1. The maximum Gasteiger partial charge on any atom is 0.410 e. The van der Waals surface area contributed by atoms with E-state index in [2.05, 4.69) is 0 Å². The molecule has 0 saturated carbocycles. The van der Waals surface area contributed by atoms with E-state index >= 15 is 0 Å². The number of carbonyl (C=O) groups excluding carboxylic acids is 1. The molecule has 0 spiro atoms. The van der Waals surface area contributed by atoms with Crippen molar-refractivity contribution in [2.45, 2.75) is 33.3 Å². The summed E-state index contributed by atoms with van der Waals surface area (Å²) in [4.78, 5) is 13.3. The van der Waals surface area contributed by atoms with Gasteiger partial charge in [-0.3, -0.25) is 0 Å². The first-order valence-electron chi connectivity index (χ1n) is 10.3. The van der Waals surface area contributed by atoms with Gasteiger partial charge in [-0.1, -0.05) is 0 Å². The first-order chi connectivity index (χ1) is 13.9. The van der Waals surface area contributed by atoms with Gasteiger partial charge >= 0.3 is 6.09 Å². The molecule has 0 aromatic heterocycles. The summed E-state index contributed by atoms with van der Waals surface area (Å²) in [6.45, 7) is 14.4. The lowest BCUT2D eigenvalue weighted by atomic mass is 10.2. The number of rotatable bonds is 19. The Morgan fingerprint density at radius 1 is 0.655 bits per heavy atom. The Labute approximate surface area is 175 Å². The highest BCUT2D eigenvalue weighted by molar-refractivity contribution is 5.67. The zero-order valence-electron chi connectivity index (χ0n) is 18.9. The summed E-state index contributed by atoms with van der Waals surface area (Å²) in [5, 5.41) is 0. The number of hydrogen-bond acceptors (Lipinski definition) is 8. The van der Waals surface area contributed by atoms with Crippen LogP contribution in [0.25, 0.3) is 0 Å². The van der Waals surface area contributed by atoms with Crippen molar-refractivity contribution in [1.29, 1.82) is 0 Å². The van der Waals surface area contributed by atoms with Gasteiger partial charge < -0.3 is 38.1 Å². The van der Waals surface area contributed by atoms with Crippen LogP contribution in [0.2, 0.25) is 0 Å². The summed E-state index contributed by atoms with van der Waals surface area (Å²) >= 11 is 0. The predicted molar refractivity (Wildman–Crippen MR) is 109 cm³/mol. The first kappa shape index (κ1) is 28.0. The van der Waals surface area contributed by atoms with E-state index < -0.39 is 5.60 Å². The van der Waals surface area contributed by atoms with Gasteiger partial charge in [-0.15, -0.1) is 0 Å². The van der Waals surface area contributed by atoms with Crippen molar-refractivity contribution in [2.75, 3.05) is 92.9 Å². The van der Waals surface area contributed by atoms with E-state index in [1.165, 1.54) is 4.90 Å². The molecule has 0 fully saturated rings. The summed E-state index contributed by atoms with van der Waals surface area (Å²) in [5.74, 6) is 0. The molecule has 0 unspecified atom stereocenters. The second-order valence-electron chi connectivity index (χ2n) is 7.16. The van der Waals surface area contributed by atoms with E-state index in [9.17, 15) is 4.79 Å². The minimum Gasteiger partial charge on any atom is -0.444 e. The number of amides is 1. The standard InChI is InChI=1S/C20H41NO8/c1-6-23-9-10-25-13-14-27-17-18-28-16-15-26-12-11-24-8-7-21(5)19(22)29-20(2,3)4/h6-18H2,1-5H3. The average Bonchev–Trinajstić information content (AvgIpc) is 2.65. The number of hydrogen-bond donors (Lipinski definition) is 0. The third-order valence-electron chi connectivity index (χ3n) is 3.34.